The molecule has 70 valence electrons. The van der Waals surface area contributed by atoms with Crippen LogP contribution in [0.1, 0.15) is 20.4 Å². The second-order valence-corrected chi connectivity index (χ2v) is 3.89. The van der Waals surface area contributed by atoms with Gasteiger partial charge in [0.25, 0.3) is 0 Å². The lowest BCUT2D eigenvalue weighted by atomic mass is 9.98. The van der Waals surface area contributed by atoms with Crippen molar-refractivity contribution in [2.45, 2.75) is 0 Å². The number of allylic oxidation sites excluding steroid dienone is 2. The van der Waals surface area contributed by atoms with Crippen molar-refractivity contribution in [2.75, 3.05) is 0 Å². The van der Waals surface area contributed by atoms with E-state index in [4.69, 9.17) is 11.5 Å². The van der Waals surface area contributed by atoms with E-state index in [2.05, 4.69) is 0 Å². The van der Waals surface area contributed by atoms with Crippen LogP contribution in [0.4, 0.5) is 0 Å². The predicted octanol–water partition coefficient (Wildman–Crippen LogP) is 0.775. The minimum Gasteiger partial charge on any atom is -0.394 e. The Balaban J connectivity index is 2.73. The van der Waals surface area contributed by atoms with Crippen LogP contribution >= 0.6 is 8.19 Å². The summed E-state index contributed by atoms with van der Waals surface area (Å²) in [4.78, 5) is 23.2. The highest BCUT2D eigenvalue weighted by Gasteiger charge is 2.28. The maximum Gasteiger partial charge on any atom is 0.216 e. The molecule has 0 bridgehead atoms. The van der Waals surface area contributed by atoms with Crippen LogP contribution in [0.25, 0.3) is 0 Å². The number of hydrogen-bond acceptors (Lipinski definition) is 4. The third-order valence-corrected chi connectivity index (χ3v) is 3.07. The molecule has 2 rings (SSSR count). The number of nitrogens with two attached hydrogens (primary N) is 2. The molecule has 0 saturated carbocycles. The molecule has 1 heterocycles. The summed E-state index contributed by atoms with van der Waals surface area (Å²) in [6.07, 6.45) is 0. The number of fused-ring (bicyclic) bond motifs is 1. The Morgan fingerprint density at radius 1 is 1.07 bits per heavy atom. The molecule has 0 aromatic carbocycles. The van der Waals surface area contributed by atoms with Crippen LogP contribution in [-0.4, -0.2) is 11.6 Å². The number of carbonyl (C=O) groups excluding carboxylic acids is 2. The molecule has 1 aliphatic rings. The van der Waals surface area contributed by atoms with Crippen LogP contribution < -0.4 is 11.5 Å². The summed E-state index contributed by atoms with van der Waals surface area (Å²) in [6, 6.07) is 3.31. The maximum atomic E-state index is 11.6. The van der Waals surface area contributed by atoms with E-state index in [1.807, 2.05) is 0 Å². The molecule has 0 saturated heterocycles. The van der Waals surface area contributed by atoms with Gasteiger partial charge in [0.1, 0.15) is 11.4 Å². The summed E-state index contributed by atoms with van der Waals surface area (Å²) in [5.41, 5.74) is 10.9. The lowest BCUT2D eigenvalue weighted by molar-refractivity contribution is 0.0975. The van der Waals surface area contributed by atoms with Crippen LogP contribution in [0.15, 0.2) is 29.3 Å². The van der Waals surface area contributed by atoms with E-state index in [9.17, 15) is 9.59 Å². The smallest absolute Gasteiger partial charge is 0.216 e. The van der Waals surface area contributed by atoms with Gasteiger partial charge in [0.05, 0.1) is 5.30 Å². The van der Waals surface area contributed by atoms with Crippen LogP contribution in [0.2, 0.25) is 0 Å². The average molecular weight is 206 g/mol. The summed E-state index contributed by atoms with van der Waals surface area (Å²) in [7, 11) is 0.697. The van der Waals surface area contributed by atoms with E-state index < -0.39 is 0 Å². The number of carbonyl (C=O) groups is 2. The third kappa shape index (κ3) is 1.05. The quantitative estimate of drug-likeness (QED) is 0.656. The maximum absolute atomic E-state index is 11.6. The van der Waals surface area contributed by atoms with Gasteiger partial charge >= 0.3 is 0 Å². The van der Waals surface area contributed by atoms with Gasteiger partial charge in [-0.15, -0.1) is 0 Å². The van der Waals surface area contributed by atoms with Crippen molar-refractivity contribution in [3.8, 4) is 0 Å². The number of rotatable bonds is 0. The van der Waals surface area contributed by atoms with Gasteiger partial charge < -0.3 is 11.5 Å². The standard InChI is InChI=1S/C9H7N2O2P/c10-5-6(11)8(13)9-4(7(5)12)2-1-3-14-9/h1-3H,10-11H2. The Morgan fingerprint density at radius 2 is 1.71 bits per heavy atom. The van der Waals surface area contributed by atoms with Gasteiger partial charge in [-0.3, -0.25) is 9.59 Å². The molecule has 4 nitrogen and oxygen atoms in total. The molecule has 14 heavy (non-hydrogen) atoms. The van der Waals surface area contributed by atoms with E-state index >= 15 is 0 Å². The van der Waals surface area contributed by atoms with Crippen molar-refractivity contribution in [1.82, 2.24) is 0 Å². The Hall–Kier alpha value is -1.67. The zero-order chi connectivity index (χ0) is 10.3. The van der Waals surface area contributed by atoms with Gasteiger partial charge in [0.2, 0.25) is 11.6 Å². The van der Waals surface area contributed by atoms with Crippen LogP contribution in [0, 0.1) is 0 Å². The fourth-order valence-corrected chi connectivity index (χ4v) is 2.16. The molecular weight excluding hydrogens is 199 g/mol. The van der Waals surface area contributed by atoms with Gasteiger partial charge in [-0.1, -0.05) is 14.3 Å². The minimum atomic E-state index is -0.353. The largest absolute Gasteiger partial charge is 0.394 e. The molecule has 0 radical (unpaired) electrons. The molecule has 1 aromatic rings. The van der Waals surface area contributed by atoms with Gasteiger partial charge in [-0.05, 0) is 11.9 Å². The molecule has 0 amide bonds. The SMILES string of the molecule is NC1=C(N)C(=O)c2pcccc2C1=O. The first kappa shape index (κ1) is 8.91. The fraction of sp³-hybridized carbons (Fsp3) is 0. The van der Waals surface area contributed by atoms with Gasteiger partial charge in [-0.2, -0.15) is 0 Å². The highest BCUT2D eigenvalue weighted by atomic mass is 31.0. The Labute approximate surface area is 81.7 Å². The van der Waals surface area contributed by atoms with Crippen molar-refractivity contribution in [3.05, 3.63) is 40.2 Å². The van der Waals surface area contributed by atoms with Gasteiger partial charge in [-0.25, -0.2) is 0 Å². The fourth-order valence-electron chi connectivity index (χ4n) is 1.29. The van der Waals surface area contributed by atoms with Gasteiger partial charge in [0, 0.05) is 5.56 Å². The molecule has 0 spiro atoms. The van der Waals surface area contributed by atoms with Crippen LogP contribution in [-0.2, 0) is 0 Å². The molecule has 0 aliphatic heterocycles. The second kappa shape index (κ2) is 2.93. The normalized spacial score (nSPS) is 16.3. The Kier molecular flexibility index (Phi) is 1.86. The second-order valence-electron chi connectivity index (χ2n) is 2.89. The van der Waals surface area contributed by atoms with Crippen LogP contribution in [0.3, 0.4) is 0 Å². The minimum absolute atomic E-state index is 0.134. The highest BCUT2D eigenvalue weighted by Crippen LogP contribution is 2.27. The molecule has 0 unspecified atom stereocenters. The molecule has 4 N–H and O–H groups in total. The highest BCUT2D eigenvalue weighted by molar-refractivity contribution is 7.32. The van der Waals surface area contributed by atoms with Gasteiger partial charge in [0.15, 0.2) is 0 Å². The zero-order valence-corrected chi connectivity index (χ0v) is 8.04. The summed E-state index contributed by atoms with van der Waals surface area (Å²) < 4.78 is 0. The third-order valence-electron chi connectivity index (χ3n) is 2.05. The van der Waals surface area contributed by atoms with E-state index in [0.717, 1.165) is 0 Å². The molecule has 0 atom stereocenters. The van der Waals surface area contributed by atoms with Crippen molar-refractivity contribution >= 4 is 19.8 Å². The summed E-state index contributed by atoms with van der Waals surface area (Å²) >= 11 is 0. The number of Topliss-reactive ketones (excluding diaryl/α,β-unsaturated/α-hetero) is 2. The first-order valence-electron chi connectivity index (χ1n) is 3.92. The van der Waals surface area contributed by atoms with E-state index in [1.165, 1.54) is 0 Å². The average Bonchev–Trinajstić information content (AvgIpc) is 2.23. The topological polar surface area (TPSA) is 86.2 Å². The predicted molar refractivity (Wildman–Crippen MR) is 53.0 cm³/mol. The summed E-state index contributed by atoms with van der Waals surface area (Å²) in [5, 5.41) is 0.421. The van der Waals surface area contributed by atoms with Crippen molar-refractivity contribution in [2.24, 2.45) is 11.5 Å². The zero-order valence-electron chi connectivity index (χ0n) is 7.15. The molecule has 0 fully saturated rings. The molecule has 1 aromatic heterocycles. The first-order valence-corrected chi connectivity index (χ1v) is 4.89. The molecular formula is C9H7N2O2P. The van der Waals surface area contributed by atoms with E-state index in [0.29, 0.717) is 19.1 Å². The van der Waals surface area contributed by atoms with Crippen molar-refractivity contribution in [1.29, 1.82) is 0 Å². The number of ketones is 2. The van der Waals surface area contributed by atoms with E-state index in [1.54, 1.807) is 17.9 Å². The van der Waals surface area contributed by atoms with E-state index in [-0.39, 0.29) is 23.0 Å². The number of hydrogen-bond donors (Lipinski definition) is 2. The molecule has 1 aliphatic carbocycles. The monoisotopic (exact) mass is 206 g/mol. The summed E-state index contributed by atoms with van der Waals surface area (Å²) in [6.45, 7) is 0. The summed E-state index contributed by atoms with van der Waals surface area (Å²) in [5.74, 6) is 1.09. The lowest BCUT2D eigenvalue weighted by Gasteiger charge is -2.14. The first-order chi connectivity index (χ1) is 6.63. The van der Waals surface area contributed by atoms with Crippen molar-refractivity contribution < 1.29 is 9.59 Å². The van der Waals surface area contributed by atoms with Crippen molar-refractivity contribution in [3.63, 3.8) is 0 Å². The lowest BCUT2D eigenvalue weighted by Crippen LogP contribution is -2.29. The Bertz CT molecular complexity index is 436. The Morgan fingerprint density at radius 3 is 2.43 bits per heavy atom. The van der Waals surface area contributed by atoms with Crippen LogP contribution in [0.5, 0.6) is 0 Å². The molecule has 5 heteroatoms.